The first kappa shape index (κ1) is 27.0. The predicted octanol–water partition coefficient (Wildman–Crippen LogP) is 7.00. The topological polar surface area (TPSA) is 69.7 Å². The minimum atomic E-state index is -4.52. The van der Waals surface area contributed by atoms with E-state index in [-0.39, 0.29) is 29.4 Å². The lowest BCUT2D eigenvalue weighted by Crippen LogP contribution is -2.44. The third kappa shape index (κ3) is 5.67. The number of aromatic amines is 1. The summed E-state index contributed by atoms with van der Waals surface area (Å²) >= 11 is 0. The molecule has 0 radical (unpaired) electrons. The highest BCUT2D eigenvalue weighted by Gasteiger charge is 2.38. The fourth-order valence-electron chi connectivity index (χ4n) is 6.13. The second kappa shape index (κ2) is 11.3. The summed E-state index contributed by atoms with van der Waals surface area (Å²) in [4.78, 5) is 1.89. The number of nitrogens with zero attached hydrogens (tertiary/aromatic N) is 4. The Balaban J connectivity index is 1.28. The Morgan fingerprint density at radius 2 is 1.76 bits per heavy atom. The molecule has 2 N–H and O–H groups in total. The van der Waals surface area contributed by atoms with Gasteiger partial charge in [0.15, 0.2) is 5.82 Å². The van der Waals surface area contributed by atoms with E-state index in [4.69, 9.17) is 0 Å². The third-order valence-corrected chi connectivity index (χ3v) is 8.20. The number of halogens is 3. The number of tetrazole rings is 1. The molecule has 9 heteroatoms. The molecule has 41 heavy (non-hydrogen) atoms. The number of H-pyrrole nitrogens is 1. The number of nitrogens with one attached hydrogen (secondary N) is 2. The molecule has 1 aliphatic rings. The first-order valence-corrected chi connectivity index (χ1v) is 13.8. The van der Waals surface area contributed by atoms with Crippen molar-refractivity contribution in [2.24, 2.45) is 5.92 Å². The Morgan fingerprint density at radius 3 is 2.54 bits per heavy atom. The zero-order chi connectivity index (χ0) is 28.4. The van der Waals surface area contributed by atoms with Crippen molar-refractivity contribution in [1.82, 2.24) is 25.9 Å². The summed E-state index contributed by atoms with van der Waals surface area (Å²) in [7, 11) is 0. The zero-order valence-electron chi connectivity index (χ0n) is 22.6. The van der Waals surface area contributed by atoms with E-state index in [1.807, 2.05) is 35.2 Å². The first-order valence-electron chi connectivity index (χ1n) is 13.8. The SMILES string of the molecule is C[C@@H](NCC1CN(c2ccc(-c3nnn[nH]3)cc2C(F)(F)F)CCC1c1ccccc1)c1cccc2ccccc12. The molecular formula is C32H31F3N6. The second-order valence-electron chi connectivity index (χ2n) is 10.7. The molecule has 1 fully saturated rings. The van der Waals surface area contributed by atoms with E-state index < -0.39 is 11.7 Å². The van der Waals surface area contributed by atoms with Crippen LogP contribution in [0.25, 0.3) is 22.2 Å². The van der Waals surface area contributed by atoms with Crippen LogP contribution in [-0.4, -0.2) is 40.3 Å². The fraction of sp³-hybridized carbons (Fsp3) is 0.281. The van der Waals surface area contributed by atoms with E-state index in [2.05, 4.69) is 75.3 Å². The molecule has 5 aromatic rings. The number of hydrogen-bond donors (Lipinski definition) is 2. The van der Waals surface area contributed by atoms with Crippen LogP contribution >= 0.6 is 0 Å². The number of anilines is 1. The van der Waals surface area contributed by atoms with Gasteiger partial charge in [0.25, 0.3) is 0 Å². The Bertz CT molecular complexity index is 1600. The summed E-state index contributed by atoms with van der Waals surface area (Å²) in [6.45, 7) is 3.85. The Hall–Kier alpha value is -4.24. The van der Waals surface area contributed by atoms with E-state index in [0.29, 0.717) is 25.2 Å². The summed E-state index contributed by atoms with van der Waals surface area (Å²) in [5.74, 6) is 0.533. The molecule has 0 spiro atoms. The number of alkyl halides is 3. The third-order valence-electron chi connectivity index (χ3n) is 8.20. The molecule has 210 valence electrons. The number of hydrogen-bond acceptors (Lipinski definition) is 5. The lowest BCUT2D eigenvalue weighted by Gasteiger charge is -2.41. The minimum absolute atomic E-state index is 0.0773. The normalized spacial score (nSPS) is 18.5. The molecule has 1 aromatic heterocycles. The van der Waals surface area contributed by atoms with Crippen molar-refractivity contribution in [3.63, 3.8) is 0 Å². The van der Waals surface area contributed by atoms with Gasteiger partial charge in [-0.15, -0.1) is 5.10 Å². The predicted molar refractivity (Wildman–Crippen MR) is 154 cm³/mol. The molecule has 0 aliphatic carbocycles. The van der Waals surface area contributed by atoms with Gasteiger partial charge in [-0.05, 0) is 75.7 Å². The Kier molecular flexibility index (Phi) is 7.45. The maximum Gasteiger partial charge on any atom is 0.418 e. The summed E-state index contributed by atoms with van der Waals surface area (Å²) < 4.78 is 43.0. The Labute approximate surface area is 236 Å². The summed E-state index contributed by atoms with van der Waals surface area (Å²) in [5.41, 5.74) is 2.24. The fourth-order valence-corrected chi connectivity index (χ4v) is 6.13. The zero-order valence-corrected chi connectivity index (χ0v) is 22.6. The average Bonchev–Trinajstić information content (AvgIpc) is 3.54. The van der Waals surface area contributed by atoms with Gasteiger partial charge in [0, 0.05) is 36.9 Å². The largest absolute Gasteiger partial charge is 0.418 e. The molecule has 3 atom stereocenters. The van der Waals surface area contributed by atoms with Gasteiger partial charge in [0.1, 0.15) is 0 Å². The molecule has 2 heterocycles. The maximum absolute atomic E-state index is 14.3. The van der Waals surface area contributed by atoms with E-state index >= 15 is 0 Å². The Morgan fingerprint density at radius 1 is 0.976 bits per heavy atom. The maximum atomic E-state index is 14.3. The van der Waals surface area contributed by atoms with Gasteiger partial charge in [0.05, 0.1) is 5.56 Å². The summed E-state index contributed by atoms with van der Waals surface area (Å²) in [6.07, 6.45) is -3.77. The van der Waals surface area contributed by atoms with E-state index in [1.54, 1.807) is 12.1 Å². The minimum Gasteiger partial charge on any atom is -0.371 e. The summed E-state index contributed by atoms with van der Waals surface area (Å²) in [5, 5.41) is 19.5. The molecule has 2 unspecified atom stereocenters. The molecule has 0 saturated carbocycles. The van der Waals surface area contributed by atoms with Crippen molar-refractivity contribution in [3.05, 3.63) is 108 Å². The molecule has 0 bridgehead atoms. The van der Waals surface area contributed by atoms with Crippen LogP contribution in [0.3, 0.4) is 0 Å². The van der Waals surface area contributed by atoms with Gasteiger partial charge in [-0.1, -0.05) is 72.8 Å². The van der Waals surface area contributed by atoms with Gasteiger partial charge in [-0.3, -0.25) is 0 Å². The molecule has 0 amide bonds. The molecule has 1 aliphatic heterocycles. The van der Waals surface area contributed by atoms with Crippen LogP contribution in [0.2, 0.25) is 0 Å². The van der Waals surface area contributed by atoms with Crippen molar-refractivity contribution < 1.29 is 13.2 Å². The number of rotatable bonds is 7. The highest BCUT2D eigenvalue weighted by atomic mass is 19.4. The lowest BCUT2D eigenvalue weighted by atomic mass is 9.80. The smallest absolute Gasteiger partial charge is 0.371 e. The van der Waals surface area contributed by atoms with Gasteiger partial charge >= 0.3 is 6.18 Å². The molecule has 6 nitrogen and oxygen atoms in total. The van der Waals surface area contributed by atoms with Gasteiger partial charge in [-0.25, -0.2) is 5.10 Å². The summed E-state index contributed by atoms with van der Waals surface area (Å²) in [6, 6.07) is 29.4. The van der Waals surface area contributed by atoms with Crippen LogP contribution < -0.4 is 10.2 Å². The highest BCUT2D eigenvalue weighted by molar-refractivity contribution is 5.86. The van der Waals surface area contributed by atoms with Crippen molar-refractivity contribution in [1.29, 1.82) is 0 Å². The van der Waals surface area contributed by atoms with E-state index in [1.165, 1.54) is 21.9 Å². The van der Waals surface area contributed by atoms with Crippen LogP contribution in [-0.2, 0) is 6.18 Å². The molecule has 4 aromatic carbocycles. The van der Waals surface area contributed by atoms with Gasteiger partial charge < -0.3 is 10.2 Å². The van der Waals surface area contributed by atoms with Crippen LogP contribution in [0.4, 0.5) is 18.9 Å². The second-order valence-corrected chi connectivity index (χ2v) is 10.7. The average molecular weight is 557 g/mol. The monoisotopic (exact) mass is 556 g/mol. The van der Waals surface area contributed by atoms with Crippen LogP contribution in [0.5, 0.6) is 0 Å². The molecular weight excluding hydrogens is 525 g/mol. The number of aromatic nitrogens is 4. The lowest BCUT2D eigenvalue weighted by molar-refractivity contribution is -0.137. The molecule has 1 saturated heterocycles. The highest BCUT2D eigenvalue weighted by Crippen LogP contribution is 2.42. The van der Waals surface area contributed by atoms with Gasteiger partial charge in [0.2, 0.25) is 0 Å². The van der Waals surface area contributed by atoms with Crippen molar-refractivity contribution in [2.75, 3.05) is 24.5 Å². The standard InChI is InChI=1S/C32H31F3N6/c1-21(26-13-7-11-23-10-5-6-12-28(23)26)36-19-25-20-41(17-16-27(25)22-8-3-2-4-9-22)30-15-14-24(31-37-39-40-38-31)18-29(30)32(33,34)35/h2-15,18,21,25,27,36H,16-17,19-20H2,1H3,(H,37,38,39,40)/t21-,25?,27?/m1/s1. The number of benzene rings is 4. The van der Waals surface area contributed by atoms with Crippen molar-refractivity contribution in [3.8, 4) is 11.4 Å². The van der Waals surface area contributed by atoms with E-state index in [0.717, 1.165) is 12.5 Å². The molecule has 6 rings (SSSR count). The van der Waals surface area contributed by atoms with Crippen LogP contribution in [0.1, 0.15) is 42.0 Å². The van der Waals surface area contributed by atoms with Crippen molar-refractivity contribution >= 4 is 16.5 Å². The first-order chi connectivity index (χ1) is 19.9. The van der Waals surface area contributed by atoms with Crippen LogP contribution in [0, 0.1) is 5.92 Å². The van der Waals surface area contributed by atoms with Crippen LogP contribution in [0.15, 0.2) is 91.0 Å². The number of fused-ring (bicyclic) bond motifs is 1. The number of piperidine rings is 1. The van der Waals surface area contributed by atoms with E-state index in [9.17, 15) is 13.2 Å². The quantitative estimate of drug-likeness (QED) is 0.226. The van der Waals surface area contributed by atoms with Gasteiger partial charge in [-0.2, -0.15) is 13.2 Å². The van der Waals surface area contributed by atoms with Crippen molar-refractivity contribution in [2.45, 2.75) is 31.5 Å².